The molecule has 2 aromatic carbocycles. The van der Waals surface area contributed by atoms with Crippen LogP contribution in [0, 0.1) is 5.92 Å². The third-order valence-corrected chi connectivity index (χ3v) is 5.44. The molecule has 3 N–H and O–H groups in total. The number of benzene rings is 2. The molecule has 2 aromatic rings. The Morgan fingerprint density at radius 1 is 1.11 bits per heavy atom. The van der Waals surface area contributed by atoms with Crippen LogP contribution in [0.2, 0.25) is 0 Å². The van der Waals surface area contributed by atoms with Crippen molar-refractivity contribution in [3.8, 4) is 5.75 Å². The van der Waals surface area contributed by atoms with Crippen LogP contribution in [-0.2, 0) is 4.79 Å². The van der Waals surface area contributed by atoms with Crippen molar-refractivity contribution in [1.82, 2.24) is 0 Å². The predicted octanol–water partition coefficient (Wildman–Crippen LogP) is 2.72. The highest BCUT2D eigenvalue weighted by Gasteiger charge is 2.39. The summed E-state index contributed by atoms with van der Waals surface area (Å²) in [7, 11) is 1.51. The lowest BCUT2D eigenvalue weighted by Gasteiger charge is -2.29. The molecule has 27 heavy (non-hydrogen) atoms. The zero-order valence-corrected chi connectivity index (χ0v) is 15.4. The second-order valence-corrected chi connectivity index (χ2v) is 7.03. The molecule has 1 aliphatic carbocycles. The first-order valence-electron chi connectivity index (χ1n) is 9.21. The van der Waals surface area contributed by atoms with Gasteiger partial charge in [0, 0.05) is 6.42 Å². The number of hydrogen-bond acceptors (Lipinski definition) is 5. The van der Waals surface area contributed by atoms with Gasteiger partial charge in [0.05, 0.1) is 18.7 Å². The highest BCUT2D eigenvalue weighted by atomic mass is 16.5. The van der Waals surface area contributed by atoms with Gasteiger partial charge in [-0.1, -0.05) is 42.5 Å². The van der Waals surface area contributed by atoms with E-state index in [1.54, 1.807) is 24.3 Å². The van der Waals surface area contributed by atoms with Gasteiger partial charge >= 0.3 is 0 Å². The van der Waals surface area contributed by atoms with Crippen LogP contribution in [0.25, 0.3) is 0 Å². The fourth-order valence-electron chi connectivity index (χ4n) is 3.94. The van der Waals surface area contributed by atoms with Gasteiger partial charge < -0.3 is 15.6 Å². The molecule has 0 aromatic heterocycles. The molecule has 1 fully saturated rings. The van der Waals surface area contributed by atoms with Gasteiger partial charge in [-0.25, -0.2) is 0 Å². The van der Waals surface area contributed by atoms with Crippen molar-refractivity contribution < 1.29 is 19.4 Å². The molecule has 3 rings (SSSR count). The third-order valence-electron chi connectivity index (χ3n) is 5.44. The lowest BCUT2D eigenvalue weighted by molar-refractivity contribution is -0.127. The van der Waals surface area contributed by atoms with Crippen molar-refractivity contribution in [2.45, 2.75) is 37.3 Å². The summed E-state index contributed by atoms with van der Waals surface area (Å²) in [5.41, 5.74) is 7.86. The molecule has 0 spiro atoms. The Labute approximate surface area is 159 Å². The second kappa shape index (κ2) is 8.46. The molecular weight excluding hydrogens is 342 g/mol. The first-order chi connectivity index (χ1) is 13.0. The second-order valence-electron chi connectivity index (χ2n) is 7.03. The molecule has 1 aliphatic rings. The Morgan fingerprint density at radius 3 is 2.48 bits per heavy atom. The highest BCUT2D eigenvalue weighted by molar-refractivity contribution is 6.03. The number of carbonyl (C=O) groups excluding carboxylic acids is 2. The monoisotopic (exact) mass is 367 g/mol. The van der Waals surface area contributed by atoms with Crippen molar-refractivity contribution in [2.24, 2.45) is 11.7 Å². The summed E-state index contributed by atoms with van der Waals surface area (Å²) in [6, 6.07) is 15.9. The van der Waals surface area contributed by atoms with Crippen molar-refractivity contribution in [3.63, 3.8) is 0 Å². The molecule has 4 atom stereocenters. The van der Waals surface area contributed by atoms with Gasteiger partial charge in [-0.05, 0) is 42.4 Å². The first kappa shape index (κ1) is 19.3. The fourth-order valence-corrected chi connectivity index (χ4v) is 3.94. The number of ether oxygens (including phenoxy) is 1. The summed E-state index contributed by atoms with van der Waals surface area (Å²) >= 11 is 0. The van der Waals surface area contributed by atoms with E-state index in [4.69, 9.17) is 10.5 Å². The fraction of sp³-hybridized carbons (Fsp3) is 0.364. The molecule has 4 unspecified atom stereocenters. The van der Waals surface area contributed by atoms with E-state index in [1.165, 1.54) is 7.11 Å². The minimum Gasteiger partial charge on any atom is -0.496 e. The van der Waals surface area contributed by atoms with Gasteiger partial charge in [0.1, 0.15) is 11.9 Å². The number of aliphatic hydroxyl groups is 1. The van der Waals surface area contributed by atoms with Gasteiger partial charge in [-0.3, -0.25) is 9.59 Å². The van der Waals surface area contributed by atoms with Crippen LogP contribution in [0.5, 0.6) is 5.75 Å². The molecule has 5 heteroatoms. The summed E-state index contributed by atoms with van der Waals surface area (Å²) in [5.74, 6) is -0.478. The van der Waals surface area contributed by atoms with Crippen LogP contribution in [0.4, 0.5) is 0 Å². The number of Topliss-reactive ketones (excluding diaryl/α,β-unsaturated/α-hetero) is 2. The molecule has 5 nitrogen and oxygen atoms in total. The summed E-state index contributed by atoms with van der Waals surface area (Å²) < 4.78 is 5.29. The van der Waals surface area contributed by atoms with E-state index in [-0.39, 0.29) is 29.8 Å². The van der Waals surface area contributed by atoms with Gasteiger partial charge in [0.25, 0.3) is 0 Å². The van der Waals surface area contributed by atoms with E-state index in [1.807, 2.05) is 30.3 Å². The summed E-state index contributed by atoms with van der Waals surface area (Å²) in [6.45, 7) is 0. The molecule has 0 aliphatic heterocycles. The molecule has 142 valence electrons. The predicted molar refractivity (Wildman–Crippen MR) is 103 cm³/mol. The topological polar surface area (TPSA) is 89.6 Å². The van der Waals surface area contributed by atoms with Crippen LogP contribution in [-0.4, -0.2) is 35.9 Å². The quantitative estimate of drug-likeness (QED) is 0.626. The average molecular weight is 367 g/mol. The summed E-state index contributed by atoms with van der Waals surface area (Å²) in [4.78, 5) is 25.5. The van der Waals surface area contributed by atoms with E-state index >= 15 is 0 Å². The number of para-hydroxylation sites is 1. The first-order valence-corrected chi connectivity index (χ1v) is 9.21. The minimum atomic E-state index is -0.991. The maximum atomic E-state index is 13.1. The SMILES string of the molecule is COc1ccccc1C(=O)C(N)C1CC(=O)C(O)CCC1c1ccccc1. The molecule has 0 bridgehead atoms. The number of ketones is 2. The number of carbonyl (C=O) groups is 2. The highest BCUT2D eigenvalue weighted by Crippen LogP contribution is 2.38. The maximum Gasteiger partial charge on any atom is 0.183 e. The van der Waals surface area contributed by atoms with Crippen LogP contribution in [0.3, 0.4) is 0 Å². The average Bonchev–Trinajstić information content (AvgIpc) is 2.86. The van der Waals surface area contributed by atoms with Crippen LogP contribution in [0.15, 0.2) is 54.6 Å². The zero-order valence-electron chi connectivity index (χ0n) is 15.4. The normalized spacial score (nSPS) is 24.1. The van der Waals surface area contributed by atoms with E-state index < -0.39 is 12.1 Å². The largest absolute Gasteiger partial charge is 0.496 e. The van der Waals surface area contributed by atoms with Crippen molar-refractivity contribution in [3.05, 3.63) is 65.7 Å². The standard InChI is InChI=1S/C22H25NO4/c1-27-20-10-6-5-9-16(20)22(26)21(23)17-13-19(25)18(24)12-11-15(17)14-7-3-2-4-8-14/h2-10,15,17-18,21,24H,11-13,23H2,1H3. The van der Waals surface area contributed by atoms with E-state index in [2.05, 4.69) is 0 Å². The minimum absolute atomic E-state index is 0.0686. The third kappa shape index (κ3) is 4.10. The van der Waals surface area contributed by atoms with E-state index in [9.17, 15) is 14.7 Å². The van der Waals surface area contributed by atoms with E-state index in [0.717, 1.165) is 5.56 Å². The Bertz CT molecular complexity index is 805. The Hall–Kier alpha value is -2.50. The summed E-state index contributed by atoms with van der Waals surface area (Å²) in [6.07, 6.45) is 0.0802. The maximum absolute atomic E-state index is 13.1. The van der Waals surface area contributed by atoms with Crippen molar-refractivity contribution >= 4 is 11.6 Å². The molecule has 0 saturated heterocycles. The lowest BCUT2D eigenvalue weighted by atomic mass is 9.76. The molecule has 0 heterocycles. The molecule has 0 amide bonds. The Morgan fingerprint density at radius 2 is 1.78 bits per heavy atom. The van der Waals surface area contributed by atoms with Crippen LogP contribution >= 0.6 is 0 Å². The van der Waals surface area contributed by atoms with E-state index in [0.29, 0.717) is 24.2 Å². The van der Waals surface area contributed by atoms with Crippen LogP contribution in [0.1, 0.15) is 41.1 Å². The Balaban J connectivity index is 1.95. The van der Waals surface area contributed by atoms with Crippen molar-refractivity contribution in [1.29, 1.82) is 0 Å². The lowest BCUT2D eigenvalue weighted by Crippen LogP contribution is -2.42. The van der Waals surface area contributed by atoms with Gasteiger partial charge in [-0.15, -0.1) is 0 Å². The number of hydrogen-bond donors (Lipinski definition) is 2. The van der Waals surface area contributed by atoms with Gasteiger partial charge in [0.2, 0.25) is 0 Å². The zero-order chi connectivity index (χ0) is 19.4. The van der Waals surface area contributed by atoms with Crippen LogP contribution < -0.4 is 10.5 Å². The number of rotatable bonds is 5. The Kier molecular flexibility index (Phi) is 6.04. The molecular formula is C22H25NO4. The molecule has 1 saturated carbocycles. The number of methoxy groups -OCH3 is 1. The van der Waals surface area contributed by atoms with Gasteiger partial charge in [0.15, 0.2) is 11.6 Å². The van der Waals surface area contributed by atoms with Gasteiger partial charge in [-0.2, -0.15) is 0 Å². The smallest absolute Gasteiger partial charge is 0.183 e. The molecule has 0 radical (unpaired) electrons. The number of nitrogens with two attached hydrogens (primary N) is 1. The number of aliphatic hydroxyl groups excluding tert-OH is 1. The summed E-state index contributed by atoms with van der Waals surface area (Å²) in [5, 5.41) is 10.1. The van der Waals surface area contributed by atoms with Crippen molar-refractivity contribution in [2.75, 3.05) is 7.11 Å².